The predicted octanol–water partition coefficient (Wildman–Crippen LogP) is 2.24. The highest BCUT2D eigenvalue weighted by Gasteiger charge is 2.51. The van der Waals surface area contributed by atoms with Gasteiger partial charge in [0, 0.05) is 11.9 Å². The smallest absolute Gasteiger partial charge is 0.399 e. The quantitative estimate of drug-likeness (QED) is 0.561. The summed E-state index contributed by atoms with van der Waals surface area (Å²) in [6.07, 6.45) is 1.71. The topological polar surface area (TPSA) is 35.7 Å². The molecule has 0 aliphatic carbocycles. The molecule has 1 aromatic rings. The minimum absolute atomic E-state index is 0.374. The van der Waals surface area contributed by atoms with Gasteiger partial charge in [-0.15, -0.1) is 0 Å². The van der Waals surface area contributed by atoms with Gasteiger partial charge in [-0.3, -0.25) is 4.98 Å². The lowest BCUT2D eigenvalue weighted by molar-refractivity contribution is 0.00578. The van der Waals surface area contributed by atoms with Gasteiger partial charge in [-0.1, -0.05) is 6.07 Å². The first kappa shape index (κ1) is 13.1. The zero-order chi connectivity index (χ0) is 13.6. The fourth-order valence-electron chi connectivity index (χ4n) is 1.76. The summed E-state index contributed by atoms with van der Waals surface area (Å²) in [6.45, 7) is 16.9. The number of nitrogens with zero attached hydrogens (tertiary/aromatic N) is 2. The van der Waals surface area contributed by atoms with Gasteiger partial charge in [-0.25, -0.2) is 4.85 Å². The molecule has 1 saturated heterocycles. The molecular weight excluding hydrogens is 227 g/mol. The molecule has 5 heteroatoms. The predicted molar refractivity (Wildman–Crippen MR) is 71.0 cm³/mol. The minimum Gasteiger partial charge on any atom is -0.399 e. The van der Waals surface area contributed by atoms with E-state index in [1.165, 1.54) is 0 Å². The second kappa shape index (κ2) is 4.08. The van der Waals surface area contributed by atoms with Crippen molar-refractivity contribution < 1.29 is 9.31 Å². The normalized spacial score (nSPS) is 20.8. The van der Waals surface area contributed by atoms with E-state index in [4.69, 9.17) is 15.9 Å². The Balaban J connectivity index is 2.33. The molecule has 4 nitrogen and oxygen atoms in total. The number of rotatable bonds is 1. The molecule has 1 aromatic heterocycles. The van der Waals surface area contributed by atoms with Gasteiger partial charge in [0.25, 0.3) is 0 Å². The van der Waals surface area contributed by atoms with Crippen molar-refractivity contribution in [1.82, 2.24) is 4.98 Å². The molecule has 0 N–H and O–H groups in total. The van der Waals surface area contributed by atoms with Gasteiger partial charge < -0.3 is 9.31 Å². The van der Waals surface area contributed by atoms with Gasteiger partial charge in [0.15, 0.2) is 0 Å². The zero-order valence-corrected chi connectivity index (χ0v) is 11.4. The molecule has 0 amide bonds. The van der Waals surface area contributed by atoms with Crippen LogP contribution < -0.4 is 5.46 Å². The van der Waals surface area contributed by atoms with Crippen molar-refractivity contribution in [3.05, 3.63) is 29.4 Å². The molecule has 18 heavy (non-hydrogen) atoms. The number of pyridine rings is 1. The van der Waals surface area contributed by atoms with Crippen molar-refractivity contribution in [2.45, 2.75) is 45.8 Å². The maximum Gasteiger partial charge on any atom is 0.495 e. The third-order valence-corrected chi connectivity index (χ3v) is 3.73. The van der Waals surface area contributed by atoms with Gasteiger partial charge in [0.05, 0.1) is 17.8 Å². The Kier molecular flexibility index (Phi) is 2.96. The Hall–Kier alpha value is -1.38. The van der Waals surface area contributed by atoms with Crippen LogP contribution in [-0.2, 0) is 9.31 Å². The summed E-state index contributed by atoms with van der Waals surface area (Å²) in [6, 6.07) is 1.79. The molecule has 0 aromatic carbocycles. The molecule has 1 aliphatic heterocycles. The van der Waals surface area contributed by atoms with E-state index >= 15 is 0 Å². The van der Waals surface area contributed by atoms with E-state index in [1.807, 2.05) is 34.6 Å². The molecule has 1 aliphatic rings. The lowest BCUT2D eigenvalue weighted by Crippen LogP contribution is -2.41. The third kappa shape index (κ3) is 2.02. The summed E-state index contributed by atoms with van der Waals surface area (Å²) in [4.78, 5) is 7.67. The van der Waals surface area contributed by atoms with Crippen molar-refractivity contribution >= 4 is 18.3 Å². The van der Waals surface area contributed by atoms with Crippen LogP contribution in [0.4, 0.5) is 5.69 Å². The number of aromatic nitrogens is 1. The first-order chi connectivity index (χ1) is 8.27. The van der Waals surface area contributed by atoms with Crippen molar-refractivity contribution in [3.63, 3.8) is 0 Å². The van der Waals surface area contributed by atoms with E-state index in [9.17, 15) is 0 Å². The first-order valence-electron chi connectivity index (χ1n) is 5.96. The lowest BCUT2D eigenvalue weighted by atomic mass is 9.80. The molecule has 2 rings (SSSR count). The van der Waals surface area contributed by atoms with E-state index in [0.717, 1.165) is 11.2 Å². The average molecular weight is 244 g/mol. The summed E-state index contributed by atoms with van der Waals surface area (Å²) >= 11 is 0. The van der Waals surface area contributed by atoms with Gasteiger partial charge in [0.2, 0.25) is 5.69 Å². The highest BCUT2D eigenvalue weighted by molar-refractivity contribution is 6.62. The fourth-order valence-corrected chi connectivity index (χ4v) is 1.76. The SMILES string of the molecule is [C-]#[N+]c1cc(B2OC(C)(C)C(C)(C)O2)cnc1C. The Morgan fingerprint density at radius 1 is 1.22 bits per heavy atom. The second-order valence-corrected chi connectivity index (χ2v) is 5.57. The summed E-state index contributed by atoms with van der Waals surface area (Å²) in [5, 5.41) is 0. The molecule has 0 saturated carbocycles. The van der Waals surface area contributed by atoms with Gasteiger partial charge in [-0.2, -0.15) is 0 Å². The van der Waals surface area contributed by atoms with Crippen molar-refractivity contribution in [2.24, 2.45) is 0 Å². The summed E-state index contributed by atoms with van der Waals surface area (Å²) < 4.78 is 11.8. The van der Waals surface area contributed by atoms with Crippen molar-refractivity contribution in [3.8, 4) is 0 Å². The van der Waals surface area contributed by atoms with Crippen LogP contribution in [-0.4, -0.2) is 23.3 Å². The maximum absolute atomic E-state index is 7.11. The highest BCUT2D eigenvalue weighted by Crippen LogP contribution is 2.36. The van der Waals surface area contributed by atoms with E-state index in [1.54, 1.807) is 12.3 Å². The van der Waals surface area contributed by atoms with Crippen LogP contribution in [0.5, 0.6) is 0 Å². The molecule has 0 atom stereocenters. The maximum atomic E-state index is 7.11. The Bertz CT molecular complexity index is 504. The second-order valence-electron chi connectivity index (χ2n) is 5.57. The van der Waals surface area contributed by atoms with Crippen LogP contribution in [0.15, 0.2) is 12.3 Å². The highest BCUT2D eigenvalue weighted by atomic mass is 16.7. The Labute approximate surface area is 108 Å². The van der Waals surface area contributed by atoms with Crippen LogP contribution in [0.3, 0.4) is 0 Å². The van der Waals surface area contributed by atoms with Crippen molar-refractivity contribution in [2.75, 3.05) is 0 Å². The van der Waals surface area contributed by atoms with E-state index in [0.29, 0.717) is 5.69 Å². The monoisotopic (exact) mass is 244 g/mol. The Morgan fingerprint density at radius 2 is 1.78 bits per heavy atom. The first-order valence-corrected chi connectivity index (χ1v) is 5.96. The van der Waals surface area contributed by atoms with Gasteiger partial charge in [0.1, 0.15) is 0 Å². The summed E-state index contributed by atoms with van der Waals surface area (Å²) in [5.41, 5.74) is 1.32. The number of aryl methyl sites for hydroxylation is 1. The molecule has 0 bridgehead atoms. The average Bonchev–Trinajstić information content (AvgIpc) is 2.49. The zero-order valence-electron chi connectivity index (χ0n) is 11.4. The van der Waals surface area contributed by atoms with Crippen LogP contribution >= 0.6 is 0 Å². The Morgan fingerprint density at radius 3 is 2.28 bits per heavy atom. The fraction of sp³-hybridized carbons (Fsp3) is 0.538. The van der Waals surface area contributed by atoms with Crippen molar-refractivity contribution in [1.29, 1.82) is 0 Å². The molecule has 0 unspecified atom stereocenters. The van der Waals surface area contributed by atoms with E-state index < -0.39 is 7.12 Å². The van der Waals surface area contributed by atoms with Crippen LogP contribution in [0.25, 0.3) is 4.85 Å². The molecule has 2 heterocycles. The molecule has 0 spiro atoms. The van der Waals surface area contributed by atoms with Gasteiger partial charge >= 0.3 is 7.12 Å². The summed E-state index contributed by atoms with van der Waals surface area (Å²) in [5.74, 6) is 0. The molecule has 1 fully saturated rings. The minimum atomic E-state index is -0.455. The van der Waals surface area contributed by atoms with Gasteiger partial charge in [-0.05, 0) is 40.1 Å². The molecule has 0 radical (unpaired) electrons. The van der Waals surface area contributed by atoms with E-state index in [2.05, 4.69) is 9.83 Å². The van der Waals surface area contributed by atoms with Crippen LogP contribution in [0, 0.1) is 13.5 Å². The standard InChI is InChI=1S/C13H17BN2O2/c1-9-11(15-6)7-10(8-16-9)14-17-12(2,3)13(4,5)18-14/h7-8H,1-5H3. The largest absolute Gasteiger partial charge is 0.495 e. The van der Waals surface area contributed by atoms with E-state index in [-0.39, 0.29) is 11.2 Å². The number of hydrogen-bond donors (Lipinski definition) is 0. The lowest BCUT2D eigenvalue weighted by Gasteiger charge is -2.32. The van der Waals surface area contributed by atoms with Crippen LogP contribution in [0.2, 0.25) is 0 Å². The summed E-state index contributed by atoms with van der Waals surface area (Å²) in [7, 11) is -0.455. The number of hydrogen-bond acceptors (Lipinski definition) is 3. The molecular formula is C13H17BN2O2. The molecule has 94 valence electrons. The third-order valence-electron chi connectivity index (χ3n) is 3.73. The van der Waals surface area contributed by atoms with Crippen LogP contribution in [0.1, 0.15) is 33.4 Å².